The van der Waals surface area contributed by atoms with Gasteiger partial charge in [-0.3, -0.25) is 10.1 Å². The quantitative estimate of drug-likeness (QED) is 0.466. The summed E-state index contributed by atoms with van der Waals surface area (Å²) in [6.07, 6.45) is 5.03. The fourth-order valence-corrected chi connectivity index (χ4v) is 5.90. The van der Waals surface area contributed by atoms with Gasteiger partial charge in [0, 0.05) is 22.8 Å². The smallest absolute Gasteiger partial charge is 0.335 e. The number of hydrogen-bond donors (Lipinski definition) is 2. The number of benzene rings is 1. The average molecular weight is 464 g/mol. The minimum atomic E-state index is -0.975. The molecular weight excluding hydrogens is 438 g/mol. The summed E-state index contributed by atoms with van der Waals surface area (Å²) < 4.78 is 5.84. The van der Waals surface area contributed by atoms with Crippen molar-refractivity contribution in [3.8, 4) is 11.3 Å². The summed E-state index contributed by atoms with van der Waals surface area (Å²) in [4.78, 5) is 23.9. The number of carbonyl (C=O) groups excluding carboxylic acids is 1. The fraction of sp³-hybridized carbons (Fsp3) is 0.360. The Bertz CT molecular complexity index is 1240. The van der Waals surface area contributed by atoms with Gasteiger partial charge in [-0.25, -0.2) is 4.79 Å². The van der Waals surface area contributed by atoms with Crippen LogP contribution in [0.5, 0.6) is 0 Å². The zero-order valence-corrected chi connectivity index (χ0v) is 19.5. The molecule has 2 heterocycles. The molecule has 1 amide bonds. The molecule has 3 fully saturated rings. The summed E-state index contributed by atoms with van der Waals surface area (Å²) in [6.45, 7) is 6.94. The topological polar surface area (TPSA) is 104 Å². The van der Waals surface area contributed by atoms with E-state index in [4.69, 9.17) is 9.52 Å². The van der Waals surface area contributed by atoms with Gasteiger partial charge in [-0.1, -0.05) is 32.9 Å². The van der Waals surface area contributed by atoms with Crippen molar-refractivity contribution >= 4 is 40.6 Å². The van der Waals surface area contributed by atoms with Crippen LogP contribution in [0.1, 0.15) is 56.2 Å². The van der Waals surface area contributed by atoms with E-state index in [1.807, 2.05) is 0 Å². The molecule has 0 radical (unpaired) electrons. The molecule has 3 aliphatic rings. The Morgan fingerprint density at radius 1 is 1.18 bits per heavy atom. The van der Waals surface area contributed by atoms with Crippen LogP contribution in [0.3, 0.4) is 0 Å². The molecule has 2 atom stereocenters. The molecule has 1 aromatic carbocycles. The van der Waals surface area contributed by atoms with Crippen molar-refractivity contribution in [1.82, 2.24) is 5.32 Å². The molecule has 7 nitrogen and oxygen atoms in total. The van der Waals surface area contributed by atoms with Crippen LogP contribution >= 0.6 is 11.8 Å². The van der Waals surface area contributed by atoms with E-state index in [-0.39, 0.29) is 22.3 Å². The number of carboxylic acids is 1. The van der Waals surface area contributed by atoms with Gasteiger partial charge >= 0.3 is 5.97 Å². The van der Waals surface area contributed by atoms with Gasteiger partial charge in [0.15, 0.2) is 5.17 Å². The van der Waals surface area contributed by atoms with Crippen molar-refractivity contribution in [2.24, 2.45) is 27.0 Å². The Kier molecular flexibility index (Phi) is 5.08. The van der Waals surface area contributed by atoms with Crippen molar-refractivity contribution in [2.45, 2.75) is 40.0 Å². The Morgan fingerprint density at radius 2 is 1.94 bits per heavy atom. The Labute approximate surface area is 196 Å². The van der Waals surface area contributed by atoms with Gasteiger partial charge in [-0.2, -0.15) is 5.10 Å². The van der Waals surface area contributed by atoms with Crippen LogP contribution in [0.25, 0.3) is 17.4 Å². The Morgan fingerprint density at radius 3 is 2.58 bits per heavy atom. The van der Waals surface area contributed by atoms with Gasteiger partial charge in [0.1, 0.15) is 11.5 Å². The average Bonchev–Trinajstić information content (AvgIpc) is 3.48. The van der Waals surface area contributed by atoms with Crippen LogP contribution in [-0.4, -0.2) is 27.9 Å². The van der Waals surface area contributed by atoms with Crippen molar-refractivity contribution in [2.75, 3.05) is 0 Å². The van der Waals surface area contributed by atoms with Gasteiger partial charge < -0.3 is 9.52 Å². The van der Waals surface area contributed by atoms with E-state index in [1.54, 1.807) is 30.3 Å². The summed E-state index contributed by atoms with van der Waals surface area (Å²) in [7, 11) is 0. The summed E-state index contributed by atoms with van der Waals surface area (Å²) >= 11 is 1.24. The summed E-state index contributed by atoms with van der Waals surface area (Å²) in [5, 5.41) is 21.2. The highest BCUT2D eigenvalue weighted by Gasteiger charge is 2.60. The number of aromatic carboxylic acids is 1. The SMILES string of the molecule is CC12CCC(C/C1=N\N=C1/NC(=O)/C(=C/c3ccc(-c4ccc(C(=O)O)cc4)o3)S1)C2(C)C. The molecule has 1 aliphatic heterocycles. The number of furan rings is 1. The van der Waals surface area contributed by atoms with Gasteiger partial charge in [-0.15, -0.1) is 5.10 Å². The molecule has 2 bridgehead atoms. The number of amides is 1. The second kappa shape index (κ2) is 7.73. The highest BCUT2D eigenvalue weighted by atomic mass is 32.2. The number of fused-ring (bicyclic) bond motifs is 2. The van der Waals surface area contributed by atoms with E-state index < -0.39 is 5.97 Å². The number of hydrogen-bond acceptors (Lipinski definition) is 6. The molecule has 2 aromatic rings. The summed E-state index contributed by atoms with van der Waals surface area (Å²) in [5.74, 6) is 0.560. The second-order valence-corrected chi connectivity index (χ2v) is 10.6. The molecule has 1 saturated heterocycles. The van der Waals surface area contributed by atoms with Crippen molar-refractivity contribution in [3.05, 3.63) is 52.6 Å². The molecule has 1 aromatic heterocycles. The van der Waals surface area contributed by atoms with Gasteiger partial charge in [-0.05, 0) is 66.6 Å². The minimum Gasteiger partial charge on any atom is -0.478 e. The van der Waals surface area contributed by atoms with Crippen LogP contribution in [0.4, 0.5) is 0 Å². The van der Waals surface area contributed by atoms with Gasteiger partial charge in [0.05, 0.1) is 10.5 Å². The van der Waals surface area contributed by atoms with E-state index in [2.05, 4.69) is 36.3 Å². The summed E-state index contributed by atoms with van der Waals surface area (Å²) in [6, 6.07) is 10.0. The first-order valence-electron chi connectivity index (χ1n) is 11.0. The van der Waals surface area contributed by atoms with Gasteiger partial charge in [0.2, 0.25) is 0 Å². The largest absolute Gasteiger partial charge is 0.478 e. The predicted octanol–water partition coefficient (Wildman–Crippen LogP) is 5.41. The highest BCUT2D eigenvalue weighted by molar-refractivity contribution is 8.18. The lowest BCUT2D eigenvalue weighted by Gasteiger charge is -2.34. The molecule has 5 rings (SSSR count). The molecule has 0 spiro atoms. The first kappa shape index (κ1) is 21.7. The van der Waals surface area contributed by atoms with Crippen LogP contribution < -0.4 is 5.32 Å². The molecular formula is C25H25N3O4S. The maximum atomic E-state index is 12.4. The lowest BCUT2D eigenvalue weighted by Crippen LogP contribution is -2.32. The van der Waals surface area contributed by atoms with Gasteiger partial charge in [0.25, 0.3) is 5.91 Å². The zero-order chi connectivity index (χ0) is 23.4. The lowest BCUT2D eigenvalue weighted by atomic mass is 9.70. The number of amidine groups is 1. The summed E-state index contributed by atoms with van der Waals surface area (Å²) in [5.41, 5.74) is 2.40. The third-order valence-electron chi connectivity index (χ3n) is 7.74. The molecule has 2 saturated carbocycles. The fourth-order valence-electron chi connectivity index (χ4n) is 5.15. The molecule has 8 heteroatoms. The number of carboxylic acid groups (broad SMARTS) is 1. The predicted molar refractivity (Wildman–Crippen MR) is 129 cm³/mol. The second-order valence-electron chi connectivity index (χ2n) is 9.59. The maximum Gasteiger partial charge on any atom is 0.335 e. The van der Waals surface area contributed by atoms with E-state index in [1.165, 1.54) is 30.3 Å². The van der Waals surface area contributed by atoms with Crippen LogP contribution in [0.15, 0.2) is 55.9 Å². The molecule has 2 aliphatic carbocycles. The monoisotopic (exact) mass is 463 g/mol. The lowest BCUT2D eigenvalue weighted by molar-refractivity contribution is -0.115. The van der Waals surface area contributed by atoms with E-state index in [9.17, 15) is 9.59 Å². The first-order valence-corrected chi connectivity index (χ1v) is 11.8. The normalized spacial score (nSPS) is 29.4. The minimum absolute atomic E-state index is 0.0704. The van der Waals surface area contributed by atoms with Crippen LogP contribution in [0.2, 0.25) is 0 Å². The molecule has 2 unspecified atom stereocenters. The molecule has 2 N–H and O–H groups in total. The maximum absolute atomic E-state index is 12.4. The number of nitrogens with zero attached hydrogens (tertiary/aromatic N) is 2. The molecule has 33 heavy (non-hydrogen) atoms. The Hall–Kier alpha value is -3.13. The third kappa shape index (κ3) is 3.62. The van der Waals surface area contributed by atoms with Crippen LogP contribution in [0, 0.1) is 16.7 Å². The molecule has 170 valence electrons. The van der Waals surface area contributed by atoms with Crippen LogP contribution in [-0.2, 0) is 4.79 Å². The number of rotatable bonds is 4. The van der Waals surface area contributed by atoms with Crippen molar-refractivity contribution in [1.29, 1.82) is 0 Å². The van der Waals surface area contributed by atoms with E-state index in [0.29, 0.717) is 27.5 Å². The number of carbonyl (C=O) groups is 2. The zero-order valence-electron chi connectivity index (χ0n) is 18.7. The first-order chi connectivity index (χ1) is 15.7. The van der Waals surface area contributed by atoms with E-state index in [0.717, 1.165) is 24.1 Å². The number of thioether (sulfide) groups is 1. The van der Waals surface area contributed by atoms with E-state index >= 15 is 0 Å². The van der Waals surface area contributed by atoms with Crippen molar-refractivity contribution in [3.63, 3.8) is 0 Å². The standard InChI is InChI=1S/C25H25N3O4S/c1-24(2)16-10-11-25(24,3)20(12-16)27-28-23-26-21(29)19(33-23)13-17-8-9-18(32-17)14-4-6-15(7-5-14)22(30)31/h4-9,13,16H,10-12H2,1-3H3,(H,30,31)(H,26,28,29)/b19-13-,27-20+. The third-order valence-corrected chi connectivity index (χ3v) is 8.64. The Balaban J connectivity index is 1.31. The highest BCUT2D eigenvalue weighted by Crippen LogP contribution is 2.64. The van der Waals surface area contributed by atoms with Crippen molar-refractivity contribution < 1.29 is 19.1 Å². The number of nitrogens with one attached hydrogen (secondary N) is 1.